The van der Waals surface area contributed by atoms with Crippen LogP contribution in [0.25, 0.3) is 0 Å². The van der Waals surface area contributed by atoms with Crippen molar-refractivity contribution in [3.63, 3.8) is 0 Å². The zero-order valence-corrected chi connectivity index (χ0v) is 10.6. The van der Waals surface area contributed by atoms with Gasteiger partial charge in [-0.3, -0.25) is 4.79 Å². The van der Waals surface area contributed by atoms with Crippen molar-refractivity contribution >= 4 is 5.78 Å². The Kier molecular flexibility index (Phi) is 4.53. The Morgan fingerprint density at radius 1 is 1.33 bits per heavy atom. The molecule has 3 heteroatoms. The fraction of sp³-hybridized carbons (Fsp3) is 0.400. The highest BCUT2D eigenvalue weighted by Gasteiger charge is 2.20. The second kappa shape index (κ2) is 6.36. The molecule has 0 aromatic heterocycles. The summed E-state index contributed by atoms with van der Waals surface area (Å²) in [5.41, 5.74) is 1.13. The first kappa shape index (κ1) is 12.8. The SMILES string of the molecule is CCC1=CC(=O)C[C@@H](COCc2ccccc2)O1. The van der Waals surface area contributed by atoms with E-state index in [-0.39, 0.29) is 11.9 Å². The largest absolute Gasteiger partial charge is 0.492 e. The monoisotopic (exact) mass is 246 g/mol. The number of allylic oxidation sites excluding steroid dienone is 2. The van der Waals surface area contributed by atoms with Gasteiger partial charge >= 0.3 is 0 Å². The Labute approximate surface area is 107 Å². The minimum atomic E-state index is -0.138. The molecule has 0 spiro atoms. The molecule has 0 fully saturated rings. The highest BCUT2D eigenvalue weighted by atomic mass is 16.5. The molecule has 0 saturated carbocycles. The van der Waals surface area contributed by atoms with E-state index in [9.17, 15) is 4.79 Å². The van der Waals surface area contributed by atoms with Gasteiger partial charge in [-0.05, 0) is 5.56 Å². The Morgan fingerprint density at radius 3 is 2.83 bits per heavy atom. The quantitative estimate of drug-likeness (QED) is 0.801. The molecule has 1 aliphatic rings. The van der Waals surface area contributed by atoms with Crippen LogP contribution in [0.3, 0.4) is 0 Å². The lowest BCUT2D eigenvalue weighted by Gasteiger charge is -2.23. The number of ketones is 1. The van der Waals surface area contributed by atoms with Gasteiger partial charge in [-0.25, -0.2) is 0 Å². The molecule has 0 saturated heterocycles. The summed E-state index contributed by atoms with van der Waals surface area (Å²) in [7, 11) is 0. The molecule has 0 aliphatic carbocycles. The topological polar surface area (TPSA) is 35.5 Å². The predicted octanol–water partition coefficient (Wildman–Crippen LogP) is 2.86. The fourth-order valence-corrected chi connectivity index (χ4v) is 1.91. The molecular weight excluding hydrogens is 228 g/mol. The second-order valence-corrected chi connectivity index (χ2v) is 4.38. The Balaban J connectivity index is 1.78. The molecule has 1 aliphatic heterocycles. The summed E-state index contributed by atoms with van der Waals surface area (Å²) in [6.07, 6.45) is 2.62. The summed E-state index contributed by atoms with van der Waals surface area (Å²) in [6.45, 7) is 2.99. The van der Waals surface area contributed by atoms with E-state index in [1.165, 1.54) is 0 Å². The molecule has 1 aromatic carbocycles. The summed E-state index contributed by atoms with van der Waals surface area (Å²) in [5, 5.41) is 0. The molecule has 0 unspecified atom stereocenters. The summed E-state index contributed by atoms with van der Waals surface area (Å²) < 4.78 is 11.3. The predicted molar refractivity (Wildman–Crippen MR) is 69.0 cm³/mol. The first-order chi connectivity index (χ1) is 8.78. The normalized spacial score (nSPS) is 19.3. The first-order valence-corrected chi connectivity index (χ1v) is 6.29. The lowest BCUT2D eigenvalue weighted by atomic mass is 10.1. The summed E-state index contributed by atoms with van der Waals surface area (Å²) in [4.78, 5) is 11.5. The van der Waals surface area contributed by atoms with Gasteiger partial charge in [0.2, 0.25) is 0 Å². The molecule has 96 valence electrons. The zero-order valence-electron chi connectivity index (χ0n) is 10.6. The van der Waals surface area contributed by atoms with Crippen LogP contribution in [0.4, 0.5) is 0 Å². The van der Waals surface area contributed by atoms with Crippen LogP contribution < -0.4 is 0 Å². The number of hydrogen-bond donors (Lipinski definition) is 0. The Bertz CT molecular complexity index is 423. The van der Waals surface area contributed by atoms with Crippen molar-refractivity contribution < 1.29 is 14.3 Å². The minimum Gasteiger partial charge on any atom is -0.492 e. The van der Waals surface area contributed by atoms with Gasteiger partial charge in [0, 0.05) is 18.9 Å². The van der Waals surface area contributed by atoms with Crippen molar-refractivity contribution in [2.45, 2.75) is 32.5 Å². The summed E-state index contributed by atoms with van der Waals surface area (Å²) >= 11 is 0. The summed E-state index contributed by atoms with van der Waals surface area (Å²) in [5.74, 6) is 0.894. The van der Waals surface area contributed by atoms with Gasteiger partial charge in [-0.15, -0.1) is 0 Å². The third-order valence-corrected chi connectivity index (χ3v) is 2.83. The molecule has 0 amide bonds. The van der Waals surface area contributed by atoms with Crippen LogP contribution in [-0.2, 0) is 20.9 Å². The van der Waals surface area contributed by atoms with Crippen LogP contribution in [0.1, 0.15) is 25.3 Å². The average molecular weight is 246 g/mol. The van der Waals surface area contributed by atoms with E-state index in [0.29, 0.717) is 19.6 Å². The highest BCUT2D eigenvalue weighted by molar-refractivity contribution is 5.91. The molecule has 0 radical (unpaired) electrons. The number of carbonyl (C=O) groups is 1. The van der Waals surface area contributed by atoms with Crippen molar-refractivity contribution in [3.8, 4) is 0 Å². The van der Waals surface area contributed by atoms with E-state index < -0.39 is 0 Å². The molecule has 1 atom stereocenters. The van der Waals surface area contributed by atoms with Crippen LogP contribution in [-0.4, -0.2) is 18.5 Å². The number of ether oxygens (including phenoxy) is 2. The molecular formula is C15H18O3. The molecule has 0 N–H and O–H groups in total. The molecule has 3 nitrogen and oxygen atoms in total. The lowest BCUT2D eigenvalue weighted by Crippen LogP contribution is -2.26. The van der Waals surface area contributed by atoms with Gasteiger partial charge in [0.25, 0.3) is 0 Å². The van der Waals surface area contributed by atoms with Crippen molar-refractivity contribution in [1.82, 2.24) is 0 Å². The lowest BCUT2D eigenvalue weighted by molar-refractivity contribution is -0.120. The van der Waals surface area contributed by atoms with Gasteiger partial charge < -0.3 is 9.47 Å². The third-order valence-electron chi connectivity index (χ3n) is 2.83. The standard InChI is InChI=1S/C15H18O3/c1-2-14-8-13(16)9-15(18-14)11-17-10-12-6-4-3-5-7-12/h3-8,15H,2,9-11H2,1H3/t15-/m0/s1. The first-order valence-electron chi connectivity index (χ1n) is 6.29. The van der Waals surface area contributed by atoms with Crippen LogP contribution in [0.5, 0.6) is 0 Å². The molecule has 1 aromatic rings. The molecule has 1 heterocycles. The molecule has 18 heavy (non-hydrogen) atoms. The van der Waals surface area contributed by atoms with Crippen molar-refractivity contribution in [2.75, 3.05) is 6.61 Å². The van der Waals surface area contributed by atoms with E-state index >= 15 is 0 Å². The van der Waals surface area contributed by atoms with E-state index in [1.54, 1.807) is 6.08 Å². The van der Waals surface area contributed by atoms with Crippen molar-refractivity contribution in [1.29, 1.82) is 0 Å². The van der Waals surface area contributed by atoms with Gasteiger partial charge in [-0.1, -0.05) is 37.3 Å². The van der Waals surface area contributed by atoms with E-state index in [0.717, 1.165) is 17.7 Å². The third kappa shape index (κ3) is 3.70. The van der Waals surface area contributed by atoms with Crippen LogP contribution in [0, 0.1) is 0 Å². The van der Waals surface area contributed by atoms with E-state index in [4.69, 9.17) is 9.47 Å². The Morgan fingerprint density at radius 2 is 2.11 bits per heavy atom. The maximum absolute atomic E-state index is 11.5. The molecule has 2 rings (SSSR count). The number of hydrogen-bond acceptors (Lipinski definition) is 3. The van der Waals surface area contributed by atoms with E-state index in [2.05, 4.69) is 0 Å². The Hall–Kier alpha value is -1.61. The van der Waals surface area contributed by atoms with Gasteiger partial charge in [0.05, 0.1) is 19.0 Å². The average Bonchev–Trinajstić information content (AvgIpc) is 2.39. The van der Waals surface area contributed by atoms with Gasteiger partial charge in [0.1, 0.15) is 6.10 Å². The van der Waals surface area contributed by atoms with Gasteiger partial charge in [-0.2, -0.15) is 0 Å². The second-order valence-electron chi connectivity index (χ2n) is 4.38. The minimum absolute atomic E-state index is 0.131. The highest BCUT2D eigenvalue weighted by Crippen LogP contribution is 2.17. The molecule has 0 bridgehead atoms. The van der Waals surface area contributed by atoms with Crippen LogP contribution >= 0.6 is 0 Å². The maximum atomic E-state index is 11.5. The number of benzene rings is 1. The zero-order chi connectivity index (χ0) is 12.8. The smallest absolute Gasteiger partial charge is 0.162 e. The van der Waals surface area contributed by atoms with Crippen LogP contribution in [0.15, 0.2) is 42.2 Å². The van der Waals surface area contributed by atoms with Gasteiger partial charge in [0.15, 0.2) is 5.78 Å². The van der Waals surface area contributed by atoms with Crippen LogP contribution in [0.2, 0.25) is 0 Å². The number of rotatable bonds is 5. The van der Waals surface area contributed by atoms with Crippen molar-refractivity contribution in [2.24, 2.45) is 0 Å². The van der Waals surface area contributed by atoms with Crippen molar-refractivity contribution in [3.05, 3.63) is 47.7 Å². The van der Waals surface area contributed by atoms with E-state index in [1.807, 2.05) is 37.3 Å². The summed E-state index contributed by atoms with van der Waals surface area (Å²) in [6, 6.07) is 9.98. The maximum Gasteiger partial charge on any atom is 0.162 e. The number of carbonyl (C=O) groups excluding carboxylic acids is 1. The fourth-order valence-electron chi connectivity index (χ4n) is 1.91.